The van der Waals surface area contributed by atoms with Crippen LogP contribution in [0.25, 0.3) is 0 Å². The summed E-state index contributed by atoms with van der Waals surface area (Å²) in [7, 11) is 0. The van der Waals surface area contributed by atoms with Gasteiger partial charge in [0.05, 0.1) is 0 Å². The highest BCUT2D eigenvalue weighted by Gasteiger charge is 2.29. The zero-order valence-corrected chi connectivity index (χ0v) is 5.82. The molecular weight excluding hydrogens is 134 g/mol. The molecule has 1 aliphatic carbocycles. The molecule has 0 atom stereocenters. The maximum absolute atomic E-state index is 5.42. The van der Waals surface area contributed by atoms with E-state index in [-0.39, 0.29) is 0 Å². The second-order valence-electron chi connectivity index (χ2n) is 2.39. The standard InChI is InChI=1S/C5H9N3S/c6-8-7-5(3-9-8)4-1-2-4/h3-4,7H,1-2,6H2. The lowest BCUT2D eigenvalue weighted by Gasteiger charge is -2.07. The van der Waals surface area contributed by atoms with E-state index in [0.29, 0.717) is 0 Å². The van der Waals surface area contributed by atoms with Crippen molar-refractivity contribution in [3.8, 4) is 0 Å². The molecule has 0 radical (unpaired) electrons. The summed E-state index contributed by atoms with van der Waals surface area (Å²) >= 11 is 1.51. The molecule has 3 nitrogen and oxygen atoms in total. The second-order valence-corrected chi connectivity index (χ2v) is 3.23. The first-order valence-electron chi connectivity index (χ1n) is 3.04. The molecule has 0 aromatic heterocycles. The predicted molar refractivity (Wildman–Crippen MR) is 37.6 cm³/mol. The van der Waals surface area contributed by atoms with Crippen LogP contribution < -0.4 is 11.3 Å². The minimum Gasteiger partial charge on any atom is -0.299 e. The van der Waals surface area contributed by atoms with Crippen molar-refractivity contribution < 1.29 is 0 Å². The molecule has 2 rings (SSSR count). The van der Waals surface area contributed by atoms with E-state index in [0.717, 1.165) is 5.92 Å². The third-order valence-corrected chi connectivity index (χ3v) is 2.23. The average Bonchev–Trinajstić information content (AvgIpc) is 2.58. The Bertz CT molecular complexity index is 152. The van der Waals surface area contributed by atoms with Gasteiger partial charge in [0.1, 0.15) is 0 Å². The topological polar surface area (TPSA) is 41.3 Å². The number of allylic oxidation sites excluding steroid dienone is 1. The summed E-state index contributed by atoms with van der Waals surface area (Å²) in [6.07, 6.45) is 2.65. The molecule has 1 aliphatic heterocycles. The molecule has 0 aromatic rings. The Kier molecular flexibility index (Phi) is 1.18. The van der Waals surface area contributed by atoms with Crippen LogP contribution >= 0.6 is 11.9 Å². The number of rotatable bonds is 1. The summed E-state index contributed by atoms with van der Waals surface area (Å²) in [6.45, 7) is 0. The first kappa shape index (κ1) is 5.58. The van der Waals surface area contributed by atoms with Crippen molar-refractivity contribution >= 4 is 11.9 Å². The molecule has 0 aromatic carbocycles. The lowest BCUT2D eigenvalue weighted by atomic mass is 10.3. The predicted octanol–water partition coefficient (Wildman–Crippen LogP) is 0.580. The summed E-state index contributed by atoms with van der Waals surface area (Å²) < 4.78 is 1.54. The second kappa shape index (κ2) is 1.90. The van der Waals surface area contributed by atoms with Gasteiger partial charge in [0.15, 0.2) is 0 Å². The minimum absolute atomic E-state index is 0.783. The number of nitrogens with one attached hydrogen (secondary N) is 1. The summed E-state index contributed by atoms with van der Waals surface area (Å²) in [4.78, 5) is 0. The number of hydrazine groups is 2. The smallest absolute Gasteiger partial charge is 0.0395 e. The molecule has 1 heterocycles. The number of nitrogens with zero attached hydrogens (tertiary/aromatic N) is 1. The first-order valence-corrected chi connectivity index (χ1v) is 3.88. The Morgan fingerprint density at radius 1 is 1.78 bits per heavy atom. The van der Waals surface area contributed by atoms with E-state index in [4.69, 9.17) is 5.84 Å². The van der Waals surface area contributed by atoms with Crippen molar-refractivity contribution in [2.75, 3.05) is 0 Å². The zero-order chi connectivity index (χ0) is 6.27. The van der Waals surface area contributed by atoms with Crippen molar-refractivity contribution in [2.45, 2.75) is 12.8 Å². The van der Waals surface area contributed by atoms with Crippen molar-refractivity contribution in [3.63, 3.8) is 0 Å². The van der Waals surface area contributed by atoms with Gasteiger partial charge in [-0.15, -0.1) is 0 Å². The van der Waals surface area contributed by atoms with Crippen molar-refractivity contribution in [1.82, 2.24) is 9.95 Å². The fraction of sp³-hybridized carbons (Fsp3) is 0.600. The fourth-order valence-electron chi connectivity index (χ4n) is 0.875. The van der Waals surface area contributed by atoms with Crippen LogP contribution in [0.2, 0.25) is 0 Å². The van der Waals surface area contributed by atoms with Gasteiger partial charge in [-0.25, -0.2) is 5.84 Å². The molecule has 1 saturated carbocycles. The Balaban J connectivity index is 1.98. The van der Waals surface area contributed by atoms with Crippen LogP contribution in [-0.4, -0.2) is 4.52 Å². The third-order valence-electron chi connectivity index (χ3n) is 1.55. The van der Waals surface area contributed by atoms with Crippen LogP contribution in [0, 0.1) is 5.92 Å². The van der Waals surface area contributed by atoms with Gasteiger partial charge in [-0.1, -0.05) is 4.52 Å². The van der Waals surface area contributed by atoms with Gasteiger partial charge in [0.25, 0.3) is 0 Å². The van der Waals surface area contributed by atoms with E-state index in [1.165, 1.54) is 35.0 Å². The van der Waals surface area contributed by atoms with E-state index in [1.54, 1.807) is 0 Å². The van der Waals surface area contributed by atoms with E-state index < -0.39 is 0 Å². The zero-order valence-electron chi connectivity index (χ0n) is 5.00. The Hall–Kier alpha value is -0.190. The van der Waals surface area contributed by atoms with E-state index >= 15 is 0 Å². The lowest BCUT2D eigenvalue weighted by molar-refractivity contribution is 0.412. The average molecular weight is 143 g/mol. The van der Waals surface area contributed by atoms with Gasteiger partial charge in [0, 0.05) is 17.0 Å². The van der Waals surface area contributed by atoms with Gasteiger partial charge in [0.2, 0.25) is 0 Å². The fourth-order valence-corrected chi connectivity index (χ4v) is 1.51. The number of nitrogens with two attached hydrogens (primary N) is 1. The highest BCUT2D eigenvalue weighted by atomic mass is 32.2. The van der Waals surface area contributed by atoms with E-state index in [2.05, 4.69) is 10.8 Å². The molecule has 0 bridgehead atoms. The maximum Gasteiger partial charge on any atom is 0.0395 e. The SMILES string of the molecule is NN1NC(C2CC2)=CS1. The Morgan fingerprint density at radius 3 is 3.00 bits per heavy atom. The molecule has 1 fully saturated rings. The van der Waals surface area contributed by atoms with Gasteiger partial charge in [-0.2, -0.15) is 0 Å². The molecule has 3 N–H and O–H groups in total. The third kappa shape index (κ3) is 1.05. The summed E-state index contributed by atoms with van der Waals surface area (Å²) in [5.41, 5.74) is 4.34. The van der Waals surface area contributed by atoms with Gasteiger partial charge in [-0.05, 0) is 24.8 Å². The maximum atomic E-state index is 5.42. The normalized spacial score (nSPS) is 27.9. The Morgan fingerprint density at radius 2 is 2.56 bits per heavy atom. The van der Waals surface area contributed by atoms with E-state index in [1.807, 2.05) is 0 Å². The van der Waals surface area contributed by atoms with Gasteiger partial charge >= 0.3 is 0 Å². The molecule has 0 amide bonds. The molecular formula is C5H9N3S. The molecule has 9 heavy (non-hydrogen) atoms. The van der Waals surface area contributed by atoms with Crippen LogP contribution in [0.4, 0.5) is 0 Å². The van der Waals surface area contributed by atoms with E-state index in [9.17, 15) is 0 Å². The molecule has 0 saturated heterocycles. The van der Waals surface area contributed by atoms with Crippen LogP contribution in [0.3, 0.4) is 0 Å². The van der Waals surface area contributed by atoms with Gasteiger partial charge < -0.3 is 0 Å². The molecule has 0 unspecified atom stereocenters. The highest BCUT2D eigenvalue weighted by Crippen LogP contribution is 2.38. The quantitative estimate of drug-likeness (QED) is 0.416. The number of hydrogen-bond donors (Lipinski definition) is 2. The molecule has 50 valence electrons. The first-order chi connectivity index (χ1) is 4.36. The van der Waals surface area contributed by atoms with Crippen molar-refractivity contribution in [2.24, 2.45) is 11.8 Å². The molecule has 2 aliphatic rings. The summed E-state index contributed by atoms with van der Waals surface area (Å²) in [5.74, 6) is 6.21. The largest absolute Gasteiger partial charge is 0.299 e. The van der Waals surface area contributed by atoms with Crippen LogP contribution in [0.15, 0.2) is 11.1 Å². The van der Waals surface area contributed by atoms with Crippen molar-refractivity contribution in [3.05, 3.63) is 11.1 Å². The van der Waals surface area contributed by atoms with Crippen molar-refractivity contribution in [1.29, 1.82) is 0 Å². The van der Waals surface area contributed by atoms with Crippen LogP contribution in [-0.2, 0) is 0 Å². The lowest BCUT2D eigenvalue weighted by Crippen LogP contribution is -2.33. The minimum atomic E-state index is 0.783. The van der Waals surface area contributed by atoms with Crippen LogP contribution in [0.5, 0.6) is 0 Å². The molecule has 0 spiro atoms. The Labute approximate surface area is 58.3 Å². The molecule has 4 heteroatoms. The van der Waals surface area contributed by atoms with Gasteiger partial charge in [-0.3, -0.25) is 5.43 Å². The summed E-state index contributed by atoms with van der Waals surface area (Å²) in [6, 6.07) is 0. The highest BCUT2D eigenvalue weighted by molar-refractivity contribution is 8.00. The monoisotopic (exact) mass is 143 g/mol. The number of hydrogen-bond acceptors (Lipinski definition) is 4. The summed E-state index contributed by atoms with van der Waals surface area (Å²) in [5, 5.41) is 2.08. The van der Waals surface area contributed by atoms with Crippen LogP contribution in [0.1, 0.15) is 12.8 Å².